The predicted molar refractivity (Wildman–Crippen MR) is 92.6 cm³/mol. The summed E-state index contributed by atoms with van der Waals surface area (Å²) >= 11 is 18.7. The van der Waals surface area contributed by atoms with Gasteiger partial charge >= 0.3 is 0 Å². The van der Waals surface area contributed by atoms with Crippen LogP contribution < -0.4 is 0 Å². The standard InChI is InChI=1S/C17H10Cl3FN2/c1-9-4-2-7-13(22-9)14-8-11(19)16(17(20)23-14)15-10(18)5-3-6-12(15)21/h2-8H,1H3. The Morgan fingerprint density at radius 1 is 0.826 bits per heavy atom. The van der Waals surface area contributed by atoms with Crippen molar-refractivity contribution in [1.29, 1.82) is 0 Å². The quantitative estimate of drug-likeness (QED) is 0.503. The van der Waals surface area contributed by atoms with Gasteiger partial charge in [-0.3, -0.25) is 4.98 Å². The van der Waals surface area contributed by atoms with Gasteiger partial charge in [0.15, 0.2) is 0 Å². The lowest BCUT2D eigenvalue weighted by Crippen LogP contribution is -1.95. The summed E-state index contributed by atoms with van der Waals surface area (Å²) in [7, 11) is 0. The van der Waals surface area contributed by atoms with E-state index in [1.54, 1.807) is 18.2 Å². The number of benzene rings is 1. The molecule has 0 aliphatic carbocycles. The van der Waals surface area contributed by atoms with E-state index in [4.69, 9.17) is 34.8 Å². The maximum Gasteiger partial charge on any atom is 0.139 e. The Morgan fingerprint density at radius 2 is 1.57 bits per heavy atom. The van der Waals surface area contributed by atoms with Crippen LogP contribution in [0.5, 0.6) is 0 Å². The first-order valence-corrected chi connectivity index (χ1v) is 7.85. The van der Waals surface area contributed by atoms with Crippen molar-refractivity contribution >= 4 is 34.8 Å². The highest BCUT2D eigenvalue weighted by atomic mass is 35.5. The first kappa shape index (κ1) is 16.2. The SMILES string of the molecule is Cc1cccc(-c2cc(Cl)c(-c3c(F)cccc3Cl)c(Cl)n2)n1. The fraction of sp³-hybridized carbons (Fsp3) is 0.0588. The van der Waals surface area contributed by atoms with Crippen LogP contribution in [0.15, 0.2) is 42.5 Å². The number of hydrogen-bond acceptors (Lipinski definition) is 2. The highest BCUT2D eigenvalue weighted by Gasteiger charge is 2.19. The van der Waals surface area contributed by atoms with Gasteiger partial charge in [0.1, 0.15) is 11.0 Å². The van der Waals surface area contributed by atoms with Gasteiger partial charge in [-0.15, -0.1) is 0 Å². The topological polar surface area (TPSA) is 25.8 Å². The van der Waals surface area contributed by atoms with Crippen molar-refractivity contribution in [3.05, 3.63) is 69.2 Å². The molecule has 0 atom stereocenters. The molecule has 1 aromatic carbocycles. The molecule has 0 fully saturated rings. The Hall–Kier alpha value is -1.68. The molecule has 0 bridgehead atoms. The smallest absolute Gasteiger partial charge is 0.139 e. The molecule has 2 nitrogen and oxygen atoms in total. The fourth-order valence-electron chi connectivity index (χ4n) is 2.26. The van der Waals surface area contributed by atoms with Crippen molar-refractivity contribution in [3.63, 3.8) is 0 Å². The van der Waals surface area contributed by atoms with E-state index in [1.165, 1.54) is 12.1 Å². The van der Waals surface area contributed by atoms with Gasteiger partial charge in [-0.05, 0) is 37.3 Å². The minimum absolute atomic E-state index is 0.0720. The highest BCUT2D eigenvalue weighted by Crippen LogP contribution is 2.40. The van der Waals surface area contributed by atoms with Crippen molar-refractivity contribution < 1.29 is 4.39 Å². The number of rotatable bonds is 2. The van der Waals surface area contributed by atoms with Crippen molar-refractivity contribution in [1.82, 2.24) is 9.97 Å². The number of halogens is 4. The molecular weight excluding hydrogens is 358 g/mol. The zero-order valence-corrected chi connectivity index (χ0v) is 14.2. The summed E-state index contributed by atoms with van der Waals surface area (Å²) < 4.78 is 14.1. The molecule has 2 heterocycles. The van der Waals surface area contributed by atoms with Crippen LogP contribution in [0.4, 0.5) is 4.39 Å². The molecule has 0 spiro atoms. The van der Waals surface area contributed by atoms with Crippen LogP contribution in [0.25, 0.3) is 22.5 Å². The zero-order valence-electron chi connectivity index (χ0n) is 11.9. The lowest BCUT2D eigenvalue weighted by Gasteiger charge is -2.11. The monoisotopic (exact) mass is 366 g/mol. The molecule has 2 aromatic heterocycles. The second kappa shape index (κ2) is 6.44. The van der Waals surface area contributed by atoms with Crippen LogP contribution in [0.2, 0.25) is 15.2 Å². The summed E-state index contributed by atoms with van der Waals surface area (Å²) in [5, 5.41) is 0.551. The lowest BCUT2D eigenvalue weighted by atomic mass is 10.1. The van der Waals surface area contributed by atoms with Crippen LogP contribution in [0.3, 0.4) is 0 Å². The first-order chi connectivity index (χ1) is 11.0. The van der Waals surface area contributed by atoms with Crippen molar-refractivity contribution in [2.75, 3.05) is 0 Å². The van der Waals surface area contributed by atoms with E-state index in [0.717, 1.165) is 5.69 Å². The molecule has 0 saturated carbocycles. The third-order valence-electron chi connectivity index (χ3n) is 3.29. The Balaban J connectivity index is 2.19. The van der Waals surface area contributed by atoms with E-state index in [2.05, 4.69) is 9.97 Å². The highest BCUT2D eigenvalue weighted by molar-refractivity contribution is 6.40. The molecule has 3 rings (SSSR count). The molecule has 0 saturated heterocycles. The molecule has 23 heavy (non-hydrogen) atoms. The number of hydrogen-bond donors (Lipinski definition) is 0. The average molecular weight is 368 g/mol. The Morgan fingerprint density at radius 3 is 2.22 bits per heavy atom. The second-order valence-corrected chi connectivity index (χ2v) is 6.09. The zero-order chi connectivity index (χ0) is 16.6. The minimum atomic E-state index is -0.510. The van der Waals surface area contributed by atoms with Gasteiger partial charge in [0.05, 0.1) is 21.4 Å². The van der Waals surface area contributed by atoms with Gasteiger partial charge < -0.3 is 0 Å². The van der Waals surface area contributed by atoms with Crippen molar-refractivity contribution in [2.24, 2.45) is 0 Å². The largest absolute Gasteiger partial charge is 0.251 e. The lowest BCUT2D eigenvalue weighted by molar-refractivity contribution is 0.631. The summed E-state index contributed by atoms with van der Waals surface area (Å²) in [4.78, 5) is 8.68. The maximum atomic E-state index is 14.1. The van der Waals surface area contributed by atoms with Crippen LogP contribution in [0.1, 0.15) is 5.69 Å². The average Bonchev–Trinajstić information content (AvgIpc) is 2.49. The van der Waals surface area contributed by atoms with E-state index in [1.807, 2.05) is 19.1 Å². The number of aromatic nitrogens is 2. The molecule has 0 aliphatic heterocycles. The van der Waals surface area contributed by atoms with Gasteiger partial charge in [-0.25, -0.2) is 9.37 Å². The van der Waals surface area contributed by atoms with E-state index in [0.29, 0.717) is 11.4 Å². The van der Waals surface area contributed by atoms with E-state index >= 15 is 0 Å². The fourth-order valence-corrected chi connectivity index (χ4v) is 3.14. The van der Waals surface area contributed by atoms with E-state index in [-0.39, 0.29) is 26.3 Å². The van der Waals surface area contributed by atoms with Gasteiger partial charge in [0, 0.05) is 16.8 Å². The summed E-state index contributed by atoms with van der Waals surface area (Å²) in [6.07, 6.45) is 0. The van der Waals surface area contributed by atoms with E-state index < -0.39 is 5.82 Å². The van der Waals surface area contributed by atoms with Gasteiger partial charge in [0.25, 0.3) is 0 Å². The van der Waals surface area contributed by atoms with Crippen molar-refractivity contribution in [3.8, 4) is 22.5 Å². The van der Waals surface area contributed by atoms with Crippen LogP contribution >= 0.6 is 34.8 Å². The molecular formula is C17H10Cl3FN2. The van der Waals surface area contributed by atoms with Gasteiger partial charge in [-0.2, -0.15) is 0 Å². The normalized spacial score (nSPS) is 10.8. The predicted octanol–water partition coefficient (Wildman–Crippen LogP) is 6.22. The summed E-state index contributed by atoms with van der Waals surface area (Å²) in [6.45, 7) is 1.88. The first-order valence-electron chi connectivity index (χ1n) is 6.72. The number of aryl methyl sites for hydroxylation is 1. The molecule has 0 aliphatic rings. The molecule has 0 radical (unpaired) electrons. The van der Waals surface area contributed by atoms with Gasteiger partial charge in [-0.1, -0.05) is 46.9 Å². The third-order valence-corrected chi connectivity index (χ3v) is 4.18. The molecule has 0 N–H and O–H groups in total. The molecule has 6 heteroatoms. The number of nitrogens with zero attached hydrogens (tertiary/aromatic N) is 2. The maximum absolute atomic E-state index is 14.1. The van der Waals surface area contributed by atoms with Crippen LogP contribution in [0, 0.1) is 12.7 Å². The van der Waals surface area contributed by atoms with E-state index in [9.17, 15) is 4.39 Å². The second-order valence-electron chi connectivity index (χ2n) is 4.92. The third kappa shape index (κ3) is 3.18. The summed E-state index contributed by atoms with van der Waals surface area (Å²) in [5.41, 5.74) is 2.41. The van der Waals surface area contributed by atoms with Crippen LogP contribution in [-0.4, -0.2) is 9.97 Å². The van der Waals surface area contributed by atoms with Crippen LogP contribution in [-0.2, 0) is 0 Å². The molecule has 116 valence electrons. The van der Waals surface area contributed by atoms with Gasteiger partial charge in [0.2, 0.25) is 0 Å². The molecule has 0 unspecified atom stereocenters. The molecule has 0 amide bonds. The van der Waals surface area contributed by atoms with Crippen molar-refractivity contribution in [2.45, 2.75) is 6.92 Å². The molecule has 3 aromatic rings. The Kier molecular flexibility index (Phi) is 4.53. The summed E-state index contributed by atoms with van der Waals surface area (Å²) in [6, 6.07) is 11.5. The number of pyridine rings is 2. The minimum Gasteiger partial charge on any atom is -0.251 e. The Labute approximate surface area is 147 Å². The Bertz CT molecular complexity index is 854. The summed E-state index contributed by atoms with van der Waals surface area (Å²) in [5.74, 6) is -0.510.